The molecule has 0 aromatic carbocycles. The molecule has 1 aliphatic rings. The van der Waals surface area contributed by atoms with Gasteiger partial charge in [-0.25, -0.2) is 0 Å². The van der Waals surface area contributed by atoms with Crippen molar-refractivity contribution in [2.24, 2.45) is 5.73 Å². The molecule has 2 unspecified atom stereocenters. The van der Waals surface area contributed by atoms with E-state index >= 15 is 0 Å². The van der Waals surface area contributed by atoms with Crippen molar-refractivity contribution in [2.45, 2.75) is 43.7 Å². The van der Waals surface area contributed by atoms with Crippen LogP contribution in [0.25, 0.3) is 0 Å². The van der Waals surface area contributed by atoms with Crippen LogP contribution >= 0.6 is 0 Å². The summed E-state index contributed by atoms with van der Waals surface area (Å²) in [6.45, 7) is 0.872. The number of hydrogen-bond donors (Lipinski definition) is 2. The topological polar surface area (TPSA) is 79.5 Å². The molecule has 1 fully saturated rings. The van der Waals surface area contributed by atoms with Crippen molar-refractivity contribution in [3.63, 3.8) is 0 Å². The van der Waals surface area contributed by atoms with Crippen LogP contribution in [-0.4, -0.2) is 46.1 Å². The smallest absolute Gasteiger partial charge is 0.323 e. The van der Waals surface area contributed by atoms with Crippen LogP contribution in [-0.2, 0) is 11.2 Å². The predicted molar refractivity (Wildman–Crippen MR) is 77.4 cm³/mol. The molecule has 2 atom stereocenters. The Morgan fingerprint density at radius 2 is 2.40 bits per heavy atom. The minimum Gasteiger partial charge on any atom is -0.480 e. The fourth-order valence-corrected chi connectivity index (χ4v) is 2.87. The van der Waals surface area contributed by atoms with Gasteiger partial charge in [-0.2, -0.15) is 0 Å². The van der Waals surface area contributed by atoms with Gasteiger partial charge in [-0.15, -0.1) is 0 Å². The van der Waals surface area contributed by atoms with Gasteiger partial charge >= 0.3 is 5.97 Å². The summed E-state index contributed by atoms with van der Waals surface area (Å²) in [6, 6.07) is 6.15. The first kappa shape index (κ1) is 14.9. The van der Waals surface area contributed by atoms with Crippen LogP contribution in [0.1, 0.15) is 31.4 Å². The number of nitrogens with zero attached hydrogens (tertiary/aromatic N) is 2. The Hall–Kier alpha value is -1.46. The average molecular weight is 277 g/mol. The Bertz CT molecular complexity index is 452. The molecule has 0 amide bonds. The highest BCUT2D eigenvalue weighted by Crippen LogP contribution is 2.29. The highest BCUT2D eigenvalue weighted by Gasteiger charge is 2.40. The Morgan fingerprint density at radius 3 is 3.05 bits per heavy atom. The molecule has 0 bridgehead atoms. The highest BCUT2D eigenvalue weighted by molar-refractivity contribution is 5.78. The van der Waals surface area contributed by atoms with Gasteiger partial charge in [-0.1, -0.05) is 6.07 Å². The molecule has 0 aliphatic heterocycles. The summed E-state index contributed by atoms with van der Waals surface area (Å²) in [5.74, 6) is -0.875. The van der Waals surface area contributed by atoms with E-state index in [9.17, 15) is 9.90 Å². The van der Waals surface area contributed by atoms with E-state index in [4.69, 9.17) is 5.73 Å². The molecule has 20 heavy (non-hydrogen) atoms. The molecule has 0 spiro atoms. The molecular formula is C15H23N3O2. The minimum absolute atomic E-state index is 0.244. The molecular weight excluding hydrogens is 254 g/mol. The summed E-state index contributed by atoms with van der Waals surface area (Å²) in [5.41, 5.74) is 6.01. The van der Waals surface area contributed by atoms with Crippen molar-refractivity contribution in [2.75, 3.05) is 13.6 Å². The third-order valence-corrected chi connectivity index (χ3v) is 4.26. The number of carboxylic acid groups (broad SMARTS) is 1. The number of carboxylic acids is 1. The van der Waals surface area contributed by atoms with Crippen LogP contribution in [0.4, 0.5) is 0 Å². The summed E-state index contributed by atoms with van der Waals surface area (Å²) >= 11 is 0. The second-order valence-corrected chi connectivity index (χ2v) is 5.76. The van der Waals surface area contributed by atoms with Gasteiger partial charge in [-0.3, -0.25) is 9.78 Å². The molecule has 110 valence electrons. The van der Waals surface area contributed by atoms with Gasteiger partial charge < -0.3 is 15.7 Å². The maximum Gasteiger partial charge on any atom is 0.323 e. The van der Waals surface area contributed by atoms with Gasteiger partial charge in [0.1, 0.15) is 5.54 Å². The lowest BCUT2D eigenvalue weighted by molar-refractivity contribution is -0.145. The molecule has 1 aromatic heterocycles. The maximum absolute atomic E-state index is 11.3. The summed E-state index contributed by atoms with van der Waals surface area (Å²) in [7, 11) is 2.04. The van der Waals surface area contributed by atoms with Crippen molar-refractivity contribution in [3.05, 3.63) is 30.1 Å². The summed E-state index contributed by atoms with van der Waals surface area (Å²) in [6.07, 6.45) is 5.67. The normalized spacial score (nSPS) is 26.6. The standard InChI is InChI=1S/C15H23N3O2/c1-18(10-7-12-5-2-3-9-17-12)13-6-4-8-15(16,11-13)14(19)20/h2-3,5,9,13H,4,6-8,10-11,16H2,1H3,(H,19,20). The molecule has 5 heteroatoms. The molecule has 1 aromatic rings. The van der Waals surface area contributed by atoms with Gasteiger partial charge in [0.2, 0.25) is 0 Å². The third kappa shape index (κ3) is 3.55. The van der Waals surface area contributed by atoms with Gasteiger partial charge in [0.25, 0.3) is 0 Å². The first-order valence-electron chi connectivity index (χ1n) is 7.14. The van der Waals surface area contributed by atoms with E-state index in [1.54, 1.807) is 6.20 Å². The van der Waals surface area contributed by atoms with Crippen LogP contribution < -0.4 is 5.73 Å². The lowest BCUT2D eigenvalue weighted by Gasteiger charge is -2.39. The Labute approximate surface area is 119 Å². The maximum atomic E-state index is 11.3. The zero-order valence-corrected chi connectivity index (χ0v) is 12.0. The molecule has 0 saturated heterocycles. The van der Waals surface area contributed by atoms with E-state index in [1.165, 1.54) is 0 Å². The highest BCUT2D eigenvalue weighted by atomic mass is 16.4. The first-order chi connectivity index (χ1) is 9.51. The Balaban J connectivity index is 1.89. The van der Waals surface area contributed by atoms with Crippen molar-refractivity contribution < 1.29 is 9.90 Å². The minimum atomic E-state index is -1.05. The Morgan fingerprint density at radius 1 is 1.60 bits per heavy atom. The molecule has 0 radical (unpaired) electrons. The van der Waals surface area contributed by atoms with Gasteiger partial charge in [-0.05, 0) is 44.9 Å². The quantitative estimate of drug-likeness (QED) is 0.847. The number of hydrogen-bond acceptors (Lipinski definition) is 4. The lowest BCUT2D eigenvalue weighted by atomic mass is 9.79. The third-order valence-electron chi connectivity index (χ3n) is 4.26. The largest absolute Gasteiger partial charge is 0.480 e. The van der Waals surface area contributed by atoms with Crippen LogP contribution in [0.3, 0.4) is 0 Å². The zero-order valence-electron chi connectivity index (χ0n) is 12.0. The van der Waals surface area contributed by atoms with Crippen molar-refractivity contribution >= 4 is 5.97 Å². The van der Waals surface area contributed by atoms with E-state index in [-0.39, 0.29) is 6.04 Å². The molecule has 1 heterocycles. The fraction of sp³-hybridized carbons (Fsp3) is 0.600. The summed E-state index contributed by atoms with van der Waals surface area (Å²) < 4.78 is 0. The van der Waals surface area contributed by atoms with Crippen LogP contribution in [0, 0.1) is 0 Å². The van der Waals surface area contributed by atoms with Crippen molar-refractivity contribution in [3.8, 4) is 0 Å². The van der Waals surface area contributed by atoms with Crippen LogP contribution in [0.15, 0.2) is 24.4 Å². The number of likely N-dealkylation sites (N-methyl/N-ethyl adjacent to an activating group) is 1. The molecule has 1 aliphatic carbocycles. The van der Waals surface area contributed by atoms with Gasteiger partial charge in [0.15, 0.2) is 0 Å². The SMILES string of the molecule is CN(CCc1ccccn1)C1CCCC(N)(C(=O)O)C1. The van der Waals surface area contributed by atoms with Crippen LogP contribution in [0.5, 0.6) is 0 Å². The van der Waals surface area contributed by atoms with E-state index in [2.05, 4.69) is 9.88 Å². The van der Waals surface area contributed by atoms with E-state index < -0.39 is 11.5 Å². The second-order valence-electron chi connectivity index (χ2n) is 5.76. The molecule has 2 rings (SSSR count). The average Bonchev–Trinajstić information content (AvgIpc) is 2.46. The lowest BCUT2D eigenvalue weighted by Crippen LogP contribution is -2.55. The van der Waals surface area contributed by atoms with Gasteiger partial charge in [0.05, 0.1) is 0 Å². The number of carbonyl (C=O) groups is 1. The van der Waals surface area contributed by atoms with Crippen LogP contribution in [0.2, 0.25) is 0 Å². The van der Waals surface area contributed by atoms with Crippen molar-refractivity contribution in [1.82, 2.24) is 9.88 Å². The summed E-state index contributed by atoms with van der Waals surface area (Å²) in [5, 5.41) is 9.25. The zero-order chi connectivity index (χ0) is 14.6. The Kier molecular flexibility index (Phi) is 4.73. The van der Waals surface area contributed by atoms with Gasteiger partial charge in [0, 0.05) is 30.9 Å². The number of aliphatic carboxylic acids is 1. The fourth-order valence-electron chi connectivity index (χ4n) is 2.87. The predicted octanol–water partition coefficient (Wildman–Crippen LogP) is 1.28. The monoisotopic (exact) mass is 277 g/mol. The number of aromatic nitrogens is 1. The molecule has 1 saturated carbocycles. The van der Waals surface area contributed by atoms with Crippen molar-refractivity contribution in [1.29, 1.82) is 0 Å². The van der Waals surface area contributed by atoms with E-state index in [1.807, 2.05) is 25.2 Å². The number of rotatable bonds is 5. The van der Waals surface area contributed by atoms with E-state index in [0.29, 0.717) is 12.8 Å². The molecule has 3 N–H and O–H groups in total. The van der Waals surface area contributed by atoms with E-state index in [0.717, 1.165) is 31.5 Å². The second kappa shape index (κ2) is 6.33. The first-order valence-corrected chi connectivity index (χ1v) is 7.14. The summed E-state index contributed by atoms with van der Waals surface area (Å²) in [4.78, 5) is 17.8. The number of nitrogens with two attached hydrogens (primary N) is 1. The number of pyridine rings is 1. The molecule has 5 nitrogen and oxygen atoms in total.